The van der Waals surface area contributed by atoms with E-state index in [0.717, 1.165) is 38.5 Å². The molecule has 0 aromatic heterocycles. The first-order valence-electron chi connectivity index (χ1n) is 16.7. The molecule has 6 rings (SSSR count). The summed E-state index contributed by atoms with van der Waals surface area (Å²) in [6.45, 7) is 17.3. The van der Waals surface area contributed by atoms with E-state index in [1.165, 1.54) is 31.4 Å². The number of carbonyl (C=O) groups is 1. The first-order valence-corrected chi connectivity index (χ1v) is 17.9. The second-order valence-corrected chi connectivity index (χ2v) is 18.0. The Morgan fingerprint density at radius 2 is 1.56 bits per heavy atom. The van der Waals surface area contributed by atoms with Gasteiger partial charge in [-0.25, -0.2) is 0 Å². The molecule has 0 radical (unpaired) electrons. The maximum atomic E-state index is 13.0. The number of rotatable bonds is 4. The van der Waals surface area contributed by atoms with Gasteiger partial charge < -0.3 is 5.11 Å². The van der Waals surface area contributed by atoms with Crippen molar-refractivity contribution in [2.24, 2.45) is 67.7 Å². The van der Waals surface area contributed by atoms with E-state index in [0.29, 0.717) is 56.3 Å². The van der Waals surface area contributed by atoms with E-state index in [9.17, 15) is 9.90 Å². The number of carboxylic acids is 1. The molecule has 0 heterocycles. The van der Waals surface area contributed by atoms with Crippen molar-refractivity contribution in [3.05, 3.63) is 27.2 Å². The van der Waals surface area contributed by atoms with Crippen molar-refractivity contribution in [3.8, 4) is 0 Å². The molecule has 5 saturated carbocycles. The second-order valence-electron chi connectivity index (χ2n) is 16.7. The number of halogens is 3. The van der Waals surface area contributed by atoms with Crippen LogP contribution in [0.3, 0.4) is 0 Å². The highest BCUT2D eigenvalue weighted by Gasteiger charge is 2.72. The first kappa shape index (κ1) is 32.0. The maximum absolute atomic E-state index is 13.0. The van der Waals surface area contributed by atoms with Gasteiger partial charge >= 0.3 is 5.97 Å². The van der Waals surface area contributed by atoms with Crippen LogP contribution in [0.5, 0.6) is 0 Å². The van der Waals surface area contributed by atoms with E-state index in [-0.39, 0.29) is 21.7 Å². The Morgan fingerprint density at radius 1 is 0.884 bits per heavy atom. The van der Waals surface area contributed by atoms with E-state index < -0.39 is 11.4 Å². The van der Waals surface area contributed by atoms with Gasteiger partial charge in [-0.1, -0.05) is 83.3 Å². The quantitative estimate of drug-likeness (QED) is 0.319. The molecule has 9 atom stereocenters. The van der Waals surface area contributed by atoms with Crippen LogP contribution in [0.25, 0.3) is 0 Å². The molecule has 0 spiro atoms. The average molecular weight is 650 g/mol. The lowest BCUT2D eigenvalue weighted by molar-refractivity contribution is -0.232. The third-order valence-electron chi connectivity index (χ3n) is 14.9. The summed E-state index contributed by atoms with van der Waals surface area (Å²) in [7, 11) is 0. The number of fused-ring (bicyclic) bond motifs is 7. The Bertz CT molecular complexity index is 1320. The number of aliphatic carboxylic acids is 1. The lowest BCUT2D eigenvalue weighted by Crippen LogP contribution is -2.66. The van der Waals surface area contributed by atoms with Gasteiger partial charge in [0.25, 0.3) is 0 Å². The summed E-state index contributed by atoms with van der Waals surface area (Å²) < 4.78 is 0. The molecule has 4 nitrogen and oxygen atoms in total. The molecule has 5 aliphatic carbocycles. The number of hydrazone groups is 1. The summed E-state index contributed by atoms with van der Waals surface area (Å²) >= 11 is 19.1. The van der Waals surface area contributed by atoms with Crippen molar-refractivity contribution < 1.29 is 9.90 Å². The van der Waals surface area contributed by atoms with E-state index >= 15 is 0 Å². The highest BCUT2D eigenvalue weighted by molar-refractivity contribution is 6.41. The SMILES string of the molecule is CC(C)[C@@H]1CC[C@]2(C(=O)O)CC[C@]3(C)C(CCC4[C@@]5(C)CC/C(=N\Nc6c(Cl)cc(Cl)cc6Cl)C(C)(C)C5CC[C@]43C)C12. The van der Waals surface area contributed by atoms with Crippen molar-refractivity contribution in [3.63, 3.8) is 0 Å². The van der Waals surface area contributed by atoms with Gasteiger partial charge in [0.15, 0.2) is 0 Å². The normalized spacial score (nSPS) is 44.3. The minimum Gasteiger partial charge on any atom is -0.481 e. The zero-order valence-electron chi connectivity index (χ0n) is 27.1. The Kier molecular flexibility index (Phi) is 7.83. The van der Waals surface area contributed by atoms with Crippen LogP contribution in [0.2, 0.25) is 15.1 Å². The average Bonchev–Trinajstić information content (AvgIpc) is 3.31. The van der Waals surface area contributed by atoms with E-state index in [2.05, 4.69) is 53.9 Å². The fourth-order valence-electron chi connectivity index (χ4n) is 12.5. The van der Waals surface area contributed by atoms with Crippen LogP contribution in [0.1, 0.15) is 113 Å². The third-order valence-corrected chi connectivity index (χ3v) is 15.7. The summed E-state index contributed by atoms with van der Waals surface area (Å²) in [5, 5.41) is 17.1. The van der Waals surface area contributed by atoms with Gasteiger partial charge in [0.05, 0.1) is 21.1 Å². The number of nitrogens with one attached hydrogen (secondary N) is 1. The Labute approximate surface area is 274 Å². The summed E-state index contributed by atoms with van der Waals surface area (Å²) in [6, 6.07) is 3.39. The molecule has 0 saturated heterocycles. The van der Waals surface area contributed by atoms with Crippen LogP contribution >= 0.6 is 34.8 Å². The summed E-state index contributed by atoms with van der Waals surface area (Å²) in [5.74, 6) is 2.52. The summed E-state index contributed by atoms with van der Waals surface area (Å²) in [5.41, 5.74) is 5.03. The van der Waals surface area contributed by atoms with Gasteiger partial charge in [-0.05, 0) is 128 Å². The van der Waals surface area contributed by atoms with Crippen LogP contribution in [0, 0.1) is 62.6 Å². The molecule has 5 aliphatic rings. The molecular formula is C36H51Cl3N2O2. The number of carboxylic acid groups (broad SMARTS) is 1. The predicted octanol–water partition coefficient (Wildman–Crippen LogP) is 11.2. The van der Waals surface area contributed by atoms with Crippen molar-refractivity contribution >= 4 is 52.2 Å². The van der Waals surface area contributed by atoms with Crippen LogP contribution in [0.4, 0.5) is 5.69 Å². The van der Waals surface area contributed by atoms with Crippen molar-refractivity contribution in [2.75, 3.05) is 5.43 Å². The van der Waals surface area contributed by atoms with Crippen LogP contribution in [-0.4, -0.2) is 16.8 Å². The van der Waals surface area contributed by atoms with Crippen molar-refractivity contribution in [2.45, 2.75) is 113 Å². The largest absolute Gasteiger partial charge is 0.481 e. The highest BCUT2D eigenvalue weighted by Crippen LogP contribution is 2.77. The molecule has 7 heteroatoms. The molecule has 1 aromatic carbocycles. The van der Waals surface area contributed by atoms with Gasteiger partial charge in [-0.15, -0.1) is 0 Å². The molecule has 238 valence electrons. The fourth-order valence-corrected chi connectivity index (χ4v) is 13.4. The number of benzene rings is 1. The molecule has 0 bridgehead atoms. The number of hydrogen-bond acceptors (Lipinski definition) is 3. The zero-order chi connectivity index (χ0) is 31.3. The number of anilines is 1. The van der Waals surface area contributed by atoms with Crippen LogP contribution in [-0.2, 0) is 4.79 Å². The van der Waals surface area contributed by atoms with Gasteiger partial charge in [0.2, 0.25) is 0 Å². The molecule has 4 unspecified atom stereocenters. The topological polar surface area (TPSA) is 61.7 Å². The number of nitrogens with zero attached hydrogens (tertiary/aromatic N) is 1. The summed E-state index contributed by atoms with van der Waals surface area (Å²) in [4.78, 5) is 13.0. The molecule has 0 aliphatic heterocycles. The van der Waals surface area contributed by atoms with Crippen molar-refractivity contribution in [1.29, 1.82) is 0 Å². The molecule has 43 heavy (non-hydrogen) atoms. The Balaban J connectivity index is 1.31. The summed E-state index contributed by atoms with van der Waals surface area (Å²) in [6.07, 6.45) is 10.7. The minimum absolute atomic E-state index is 0.0658. The van der Waals surface area contributed by atoms with Crippen LogP contribution < -0.4 is 5.43 Å². The predicted molar refractivity (Wildman–Crippen MR) is 179 cm³/mol. The van der Waals surface area contributed by atoms with Gasteiger partial charge in [0.1, 0.15) is 0 Å². The second kappa shape index (κ2) is 10.5. The molecule has 5 fully saturated rings. The molecular weight excluding hydrogens is 599 g/mol. The third kappa shape index (κ3) is 4.41. The lowest BCUT2D eigenvalue weighted by Gasteiger charge is -2.72. The monoisotopic (exact) mass is 648 g/mol. The first-order chi connectivity index (χ1) is 20.0. The Morgan fingerprint density at radius 3 is 2.19 bits per heavy atom. The molecule has 0 amide bonds. The van der Waals surface area contributed by atoms with E-state index in [1.807, 2.05) is 0 Å². The standard InChI is InChI=1S/C36H51Cl3N2O2/c1-20(2)22-10-15-36(31(42)43)17-16-34(6)23(29(22)36)8-9-27-33(5)13-12-28(32(3,4)26(33)11-14-35(27,34)7)40-41-30-24(38)18-21(37)19-25(30)39/h18-20,22-23,26-27,29,41H,8-17H2,1-7H3,(H,42,43)/b40-28+/t22-,23?,26?,27?,29?,33-,34+,35+,36-/m0/s1. The molecule has 1 aromatic rings. The van der Waals surface area contributed by atoms with E-state index in [4.69, 9.17) is 39.9 Å². The Hall–Kier alpha value is -0.970. The minimum atomic E-state index is -0.513. The smallest absolute Gasteiger partial charge is 0.309 e. The lowest BCUT2D eigenvalue weighted by atomic mass is 9.32. The van der Waals surface area contributed by atoms with Crippen molar-refractivity contribution in [1.82, 2.24) is 0 Å². The van der Waals surface area contributed by atoms with Gasteiger partial charge in [-0.2, -0.15) is 5.10 Å². The van der Waals surface area contributed by atoms with Gasteiger partial charge in [-0.3, -0.25) is 10.2 Å². The van der Waals surface area contributed by atoms with E-state index in [1.54, 1.807) is 12.1 Å². The van der Waals surface area contributed by atoms with Gasteiger partial charge in [0, 0.05) is 16.1 Å². The highest BCUT2D eigenvalue weighted by atomic mass is 35.5. The molecule has 2 N–H and O–H groups in total. The maximum Gasteiger partial charge on any atom is 0.309 e. The van der Waals surface area contributed by atoms with Crippen LogP contribution in [0.15, 0.2) is 17.2 Å². The zero-order valence-corrected chi connectivity index (χ0v) is 29.4. The number of hydrogen-bond donors (Lipinski definition) is 2. The fraction of sp³-hybridized carbons (Fsp3) is 0.778.